The highest BCUT2D eigenvalue weighted by molar-refractivity contribution is 8.00. The molecule has 0 aliphatic carbocycles. The van der Waals surface area contributed by atoms with Crippen molar-refractivity contribution >= 4 is 29.1 Å². The van der Waals surface area contributed by atoms with Crippen molar-refractivity contribution < 1.29 is 9.59 Å². The van der Waals surface area contributed by atoms with Gasteiger partial charge in [0.1, 0.15) is 0 Å². The first-order valence-corrected chi connectivity index (χ1v) is 7.63. The second-order valence-corrected chi connectivity index (χ2v) is 5.83. The number of amides is 1. The molecule has 108 valence electrons. The van der Waals surface area contributed by atoms with E-state index in [0.29, 0.717) is 11.3 Å². The van der Waals surface area contributed by atoms with Crippen LogP contribution >= 0.6 is 11.8 Å². The summed E-state index contributed by atoms with van der Waals surface area (Å²) >= 11 is 1.45. The van der Waals surface area contributed by atoms with Crippen molar-refractivity contribution in [2.24, 2.45) is 0 Å². The fraction of sp³-hybridized carbons (Fsp3) is 0.176. The van der Waals surface area contributed by atoms with Crippen molar-refractivity contribution in [3.05, 3.63) is 59.7 Å². The number of carbonyl (C=O) groups excluding carboxylic acids is 2. The minimum atomic E-state index is -0.0421. The highest BCUT2D eigenvalue weighted by atomic mass is 32.2. The molecule has 0 saturated heterocycles. The molecule has 0 atom stereocenters. The molecule has 21 heavy (non-hydrogen) atoms. The molecule has 0 fully saturated rings. The summed E-state index contributed by atoms with van der Waals surface area (Å²) in [5.74, 6) is 0.343. The van der Waals surface area contributed by atoms with Crippen molar-refractivity contribution in [2.75, 3.05) is 11.1 Å². The topological polar surface area (TPSA) is 46.2 Å². The van der Waals surface area contributed by atoms with Gasteiger partial charge in [-0.2, -0.15) is 0 Å². The van der Waals surface area contributed by atoms with Crippen LogP contribution in [0.2, 0.25) is 0 Å². The molecule has 3 nitrogen and oxygen atoms in total. The summed E-state index contributed by atoms with van der Waals surface area (Å²) in [7, 11) is 0. The molecule has 0 spiro atoms. The van der Waals surface area contributed by atoms with E-state index in [4.69, 9.17) is 0 Å². The Kier molecular flexibility index (Phi) is 5.17. The van der Waals surface area contributed by atoms with Crippen LogP contribution in [0.1, 0.15) is 22.8 Å². The minimum Gasteiger partial charge on any atom is -0.325 e. The molecule has 0 aromatic heterocycles. The Bertz CT molecular complexity index is 633. The van der Waals surface area contributed by atoms with Crippen LogP contribution in [0.3, 0.4) is 0 Å². The van der Waals surface area contributed by atoms with Crippen LogP contribution in [0.4, 0.5) is 5.69 Å². The predicted molar refractivity (Wildman–Crippen MR) is 87.0 cm³/mol. The third-order valence-corrected chi connectivity index (χ3v) is 3.98. The van der Waals surface area contributed by atoms with Crippen molar-refractivity contribution in [1.29, 1.82) is 0 Å². The molecule has 0 unspecified atom stereocenters. The second kappa shape index (κ2) is 7.09. The van der Waals surface area contributed by atoms with Gasteiger partial charge in [0.15, 0.2) is 5.78 Å². The van der Waals surface area contributed by atoms with E-state index in [1.165, 1.54) is 18.7 Å². The average molecular weight is 299 g/mol. The number of anilines is 1. The molecular weight excluding hydrogens is 282 g/mol. The third kappa shape index (κ3) is 4.76. The first kappa shape index (κ1) is 15.3. The summed E-state index contributed by atoms with van der Waals surface area (Å²) in [5, 5.41) is 2.86. The lowest BCUT2D eigenvalue weighted by atomic mass is 10.2. The Morgan fingerprint density at radius 2 is 1.62 bits per heavy atom. The number of rotatable bonds is 5. The zero-order valence-electron chi connectivity index (χ0n) is 12.1. The van der Waals surface area contributed by atoms with Crippen molar-refractivity contribution in [2.45, 2.75) is 18.7 Å². The van der Waals surface area contributed by atoms with E-state index in [1.54, 1.807) is 12.1 Å². The molecule has 2 aromatic carbocycles. The standard InChI is InChI=1S/C17H17NO2S/c1-12-3-7-15(8-4-12)18-17(20)11-21-16-9-5-14(6-10-16)13(2)19/h3-10H,11H2,1-2H3,(H,18,20). The van der Waals surface area contributed by atoms with Gasteiger partial charge in [-0.3, -0.25) is 9.59 Å². The second-order valence-electron chi connectivity index (χ2n) is 4.78. The lowest BCUT2D eigenvalue weighted by Gasteiger charge is -2.06. The molecule has 0 heterocycles. The first-order chi connectivity index (χ1) is 10.0. The Morgan fingerprint density at radius 1 is 1.00 bits per heavy atom. The van der Waals surface area contributed by atoms with Crippen LogP contribution in [0.15, 0.2) is 53.4 Å². The van der Waals surface area contributed by atoms with Crippen molar-refractivity contribution in [3.8, 4) is 0 Å². The SMILES string of the molecule is CC(=O)c1ccc(SCC(=O)Nc2ccc(C)cc2)cc1. The molecule has 2 aromatic rings. The molecule has 0 aliphatic heterocycles. The largest absolute Gasteiger partial charge is 0.325 e. The maximum absolute atomic E-state index is 11.9. The number of nitrogens with one attached hydrogen (secondary N) is 1. The summed E-state index contributed by atoms with van der Waals surface area (Å²) in [5.41, 5.74) is 2.65. The van der Waals surface area contributed by atoms with Crippen LogP contribution in [0, 0.1) is 6.92 Å². The average Bonchev–Trinajstić information content (AvgIpc) is 2.48. The van der Waals surface area contributed by atoms with Gasteiger partial charge in [0.2, 0.25) is 5.91 Å². The van der Waals surface area contributed by atoms with E-state index in [2.05, 4.69) is 5.32 Å². The molecule has 4 heteroatoms. The van der Waals surface area contributed by atoms with Crippen LogP contribution in [-0.2, 0) is 4.79 Å². The van der Waals surface area contributed by atoms with Crippen molar-refractivity contribution in [3.63, 3.8) is 0 Å². The number of Topliss-reactive ketones (excluding diaryl/α,β-unsaturated/α-hetero) is 1. The number of aryl methyl sites for hydroxylation is 1. The molecular formula is C17H17NO2S. The Morgan fingerprint density at radius 3 is 2.19 bits per heavy atom. The van der Waals surface area contributed by atoms with E-state index in [-0.39, 0.29) is 11.7 Å². The monoisotopic (exact) mass is 299 g/mol. The van der Waals surface area contributed by atoms with Crippen LogP contribution in [0.25, 0.3) is 0 Å². The van der Waals surface area contributed by atoms with Crippen LogP contribution in [0.5, 0.6) is 0 Å². The van der Waals surface area contributed by atoms with Gasteiger partial charge in [-0.1, -0.05) is 29.8 Å². The Labute approximate surface area is 128 Å². The predicted octanol–water partition coefficient (Wildman–Crippen LogP) is 3.93. The summed E-state index contributed by atoms with van der Waals surface area (Å²) in [6.07, 6.45) is 0. The third-order valence-electron chi connectivity index (χ3n) is 2.97. The Balaban J connectivity index is 1.86. The van der Waals surface area contributed by atoms with Crippen molar-refractivity contribution in [1.82, 2.24) is 0 Å². The molecule has 1 amide bonds. The quantitative estimate of drug-likeness (QED) is 0.672. The van der Waals surface area contributed by atoms with Gasteiger partial charge < -0.3 is 5.32 Å². The number of hydrogen-bond donors (Lipinski definition) is 1. The van der Waals surface area contributed by atoms with Gasteiger partial charge in [0.05, 0.1) is 5.75 Å². The molecule has 1 N–H and O–H groups in total. The maximum atomic E-state index is 11.9. The lowest BCUT2D eigenvalue weighted by Crippen LogP contribution is -2.13. The maximum Gasteiger partial charge on any atom is 0.234 e. The summed E-state index contributed by atoms with van der Waals surface area (Å²) < 4.78 is 0. The zero-order valence-corrected chi connectivity index (χ0v) is 12.9. The number of thioether (sulfide) groups is 1. The van der Waals surface area contributed by atoms with Crippen LogP contribution < -0.4 is 5.32 Å². The van der Waals surface area contributed by atoms with E-state index in [1.807, 2.05) is 43.3 Å². The number of ketones is 1. The smallest absolute Gasteiger partial charge is 0.234 e. The van der Waals surface area contributed by atoms with E-state index in [9.17, 15) is 9.59 Å². The van der Waals surface area contributed by atoms with Gasteiger partial charge >= 0.3 is 0 Å². The van der Waals surface area contributed by atoms with E-state index >= 15 is 0 Å². The summed E-state index contributed by atoms with van der Waals surface area (Å²) in [4.78, 5) is 24.0. The number of carbonyl (C=O) groups is 2. The summed E-state index contributed by atoms with van der Waals surface area (Å²) in [6.45, 7) is 3.54. The van der Waals surface area contributed by atoms with E-state index in [0.717, 1.165) is 16.1 Å². The lowest BCUT2D eigenvalue weighted by molar-refractivity contribution is -0.113. The fourth-order valence-electron chi connectivity index (χ4n) is 1.77. The van der Waals surface area contributed by atoms with Gasteiger partial charge in [-0.15, -0.1) is 11.8 Å². The minimum absolute atomic E-state index is 0.0421. The fourth-order valence-corrected chi connectivity index (χ4v) is 2.47. The molecule has 0 bridgehead atoms. The van der Waals surface area contributed by atoms with Gasteiger partial charge in [0, 0.05) is 16.1 Å². The van der Waals surface area contributed by atoms with Gasteiger partial charge in [0.25, 0.3) is 0 Å². The molecule has 0 aliphatic rings. The highest BCUT2D eigenvalue weighted by Gasteiger charge is 2.04. The highest BCUT2D eigenvalue weighted by Crippen LogP contribution is 2.19. The Hall–Kier alpha value is -2.07. The molecule has 0 saturated carbocycles. The first-order valence-electron chi connectivity index (χ1n) is 6.65. The van der Waals surface area contributed by atoms with Crippen LogP contribution in [-0.4, -0.2) is 17.4 Å². The normalized spacial score (nSPS) is 10.2. The number of hydrogen-bond acceptors (Lipinski definition) is 3. The molecule has 0 radical (unpaired) electrons. The van der Waals surface area contributed by atoms with Gasteiger partial charge in [-0.05, 0) is 38.1 Å². The number of benzene rings is 2. The van der Waals surface area contributed by atoms with Gasteiger partial charge in [-0.25, -0.2) is 0 Å². The zero-order chi connectivity index (χ0) is 15.2. The summed E-state index contributed by atoms with van der Waals surface area (Å²) in [6, 6.07) is 15.0. The molecule has 2 rings (SSSR count). The van der Waals surface area contributed by atoms with E-state index < -0.39 is 0 Å².